The molecule has 7 nitrogen and oxygen atoms in total. The quantitative estimate of drug-likeness (QED) is 0.607. The van der Waals surface area contributed by atoms with Gasteiger partial charge >= 0.3 is 0 Å². The number of hydrogen-bond acceptors (Lipinski definition) is 4. The van der Waals surface area contributed by atoms with E-state index in [-0.39, 0.29) is 24.3 Å². The van der Waals surface area contributed by atoms with Crippen LogP contribution in [0.25, 0.3) is 11.0 Å². The molecule has 1 saturated carbocycles. The first-order chi connectivity index (χ1) is 15.1. The summed E-state index contributed by atoms with van der Waals surface area (Å²) in [5.41, 5.74) is 2.37. The van der Waals surface area contributed by atoms with E-state index in [1.807, 2.05) is 28.8 Å². The van der Waals surface area contributed by atoms with Crippen LogP contribution in [0.15, 0.2) is 48.5 Å². The van der Waals surface area contributed by atoms with Crippen LogP contribution in [-0.2, 0) is 22.7 Å². The number of hydrogen-bond donors (Lipinski definition) is 2. The van der Waals surface area contributed by atoms with E-state index < -0.39 is 0 Å². The summed E-state index contributed by atoms with van der Waals surface area (Å²) in [6.07, 6.45) is 5.34. The number of methoxy groups -OCH3 is 1. The van der Waals surface area contributed by atoms with E-state index in [0.717, 1.165) is 42.5 Å². The molecule has 0 unspecified atom stereocenters. The maximum Gasteiger partial charge on any atom is 0.244 e. The number of imidazole rings is 1. The molecule has 1 aromatic heterocycles. The Labute approximate surface area is 181 Å². The largest absolute Gasteiger partial charge is 0.497 e. The molecule has 3 aromatic rings. The van der Waals surface area contributed by atoms with Crippen molar-refractivity contribution in [2.45, 2.75) is 45.2 Å². The standard InChI is InChI=1S/C24H28N4O3/c1-31-19-13-11-18(12-14-19)26-23(29)16-28-21-10-6-5-9-20(21)27-22(28)15-25-24(30)17-7-3-2-4-8-17/h5-6,9-14,17H,2-4,7-8,15-16H2,1H3,(H,25,30)(H,26,29). The number of carbonyl (C=O) groups is 2. The van der Waals surface area contributed by atoms with Crippen LogP contribution >= 0.6 is 0 Å². The normalized spacial score (nSPS) is 14.4. The zero-order valence-electron chi connectivity index (χ0n) is 17.8. The maximum absolute atomic E-state index is 12.7. The summed E-state index contributed by atoms with van der Waals surface area (Å²) >= 11 is 0. The van der Waals surface area contributed by atoms with Crippen LogP contribution in [0.3, 0.4) is 0 Å². The highest BCUT2D eigenvalue weighted by Gasteiger charge is 2.22. The van der Waals surface area contributed by atoms with E-state index in [2.05, 4.69) is 15.6 Å². The van der Waals surface area contributed by atoms with Crippen molar-refractivity contribution in [1.29, 1.82) is 0 Å². The van der Waals surface area contributed by atoms with Crippen LogP contribution in [0.2, 0.25) is 0 Å². The third kappa shape index (κ3) is 5.05. The molecule has 2 amide bonds. The van der Waals surface area contributed by atoms with Crippen molar-refractivity contribution >= 4 is 28.5 Å². The van der Waals surface area contributed by atoms with Crippen molar-refractivity contribution < 1.29 is 14.3 Å². The monoisotopic (exact) mass is 420 g/mol. The van der Waals surface area contributed by atoms with Gasteiger partial charge in [0.05, 0.1) is 24.7 Å². The van der Waals surface area contributed by atoms with Crippen LogP contribution in [0.5, 0.6) is 5.75 Å². The van der Waals surface area contributed by atoms with Crippen LogP contribution in [0, 0.1) is 5.92 Å². The molecule has 31 heavy (non-hydrogen) atoms. The number of ether oxygens (including phenoxy) is 1. The number of amides is 2. The summed E-state index contributed by atoms with van der Waals surface area (Å²) in [7, 11) is 1.60. The fraction of sp³-hybridized carbons (Fsp3) is 0.375. The Bertz CT molecular complexity index is 1050. The minimum absolute atomic E-state index is 0.0843. The lowest BCUT2D eigenvalue weighted by Gasteiger charge is -2.20. The number of fused-ring (bicyclic) bond motifs is 1. The Morgan fingerprint density at radius 2 is 1.81 bits per heavy atom. The van der Waals surface area contributed by atoms with Crippen molar-refractivity contribution in [2.75, 3.05) is 12.4 Å². The van der Waals surface area contributed by atoms with Crippen molar-refractivity contribution in [3.05, 3.63) is 54.4 Å². The molecule has 2 aromatic carbocycles. The number of anilines is 1. The van der Waals surface area contributed by atoms with Gasteiger partial charge < -0.3 is 19.9 Å². The SMILES string of the molecule is COc1ccc(NC(=O)Cn2c(CNC(=O)C3CCCCC3)nc3ccccc32)cc1. The highest BCUT2D eigenvalue weighted by molar-refractivity contribution is 5.91. The second-order valence-electron chi connectivity index (χ2n) is 7.93. The highest BCUT2D eigenvalue weighted by atomic mass is 16.5. The summed E-state index contributed by atoms with van der Waals surface area (Å²) in [6.45, 7) is 0.418. The second-order valence-corrected chi connectivity index (χ2v) is 7.93. The Morgan fingerprint density at radius 1 is 1.06 bits per heavy atom. The molecule has 1 heterocycles. The van der Waals surface area contributed by atoms with E-state index in [1.165, 1.54) is 6.42 Å². The summed E-state index contributed by atoms with van der Waals surface area (Å²) in [6, 6.07) is 14.9. The molecule has 4 rings (SSSR count). The Hall–Kier alpha value is -3.35. The molecule has 0 bridgehead atoms. The van der Waals surface area contributed by atoms with Crippen LogP contribution in [0.1, 0.15) is 37.9 Å². The van der Waals surface area contributed by atoms with E-state index >= 15 is 0 Å². The predicted octanol–water partition coefficient (Wildman–Crippen LogP) is 3.88. The average molecular weight is 421 g/mol. The van der Waals surface area contributed by atoms with Gasteiger partial charge in [0.25, 0.3) is 0 Å². The minimum Gasteiger partial charge on any atom is -0.497 e. The molecule has 0 radical (unpaired) electrons. The topological polar surface area (TPSA) is 85.2 Å². The number of aromatic nitrogens is 2. The van der Waals surface area contributed by atoms with Crippen molar-refractivity contribution in [1.82, 2.24) is 14.9 Å². The van der Waals surface area contributed by atoms with Gasteiger partial charge in [-0.1, -0.05) is 31.4 Å². The van der Waals surface area contributed by atoms with E-state index in [0.29, 0.717) is 18.1 Å². The van der Waals surface area contributed by atoms with E-state index in [9.17, 15) is 9.59 Å². The zero-order chi connectivity index (χ0) is 21.6. The first-order valence-electron chi connectivity index (χ1n) is 10.8. The van der Waals surface area contributed by atoms with Gasteiger partial charge in [-0.2, -0.15) is 0 Å². The lowest BCUT2D eigenvalue weighted by Crippen LogP contribution is -2.32. The predicted molar refractivity (Wildman–Crippen MR) is 120 cm³/mol. The molecule has 0 spiro atoms. The van der Waals surface area contributed by atoms with Gasteiger partial charge in [-0.15, -0.1) is 0 Å². The fourth-order valence-corrected chi connectivity index (χ4v) is 4.13. The van der Waals surface area contributed by atoms with Gasteiger partial charge in [-0.3, -0.25) is 9.59 Å². The van der Waals surface area contributed by atoms with Crippen LogP contribution in [0.4, 0.5) is 5.69 Å². The number of nitrogens with one attached hydrogen (secondary N) is 2. The molecule has 2 N–H and O–H groups in total. The molecule has 162 valence electrons. The Kier molecular flexibility index (Phi) is 6.50. The van der Waals surface area contributed by atoms with Gasteiger partial charge in [0, 0.05) is 11.6 Å². The fourth-order valence-electron chi connectivity index (χ4n) is 4.13. The highest BCUT2D eigenvalue weighted by Crippen LogP contribution is 2.24. The summed E-state index contributed by atoms with van der Waals surface area (Å²) in [4.78, 5) is 30.0. The number of carbonyl (C=O) groups excluding carboxylic acids is 2. The van der Waals surface area contributed by atoms with Crippen LogP contribution < -0.4 is 15.4 Å². The van der Waals surface area contributed by atoms with Crippen molar-refractivity contribution in [3.8, 4) is 5.75 Å². The third-order valence-electron chi connectivity index (χ3n) is 5.81. The summed E-state index contributed by atoms with van der Waals surface area (Å²) in [5, 5.41) is 5.95. The lowest BCUT2D eigenvalue weighted by molar-refractivity contribution is -0.126. The minimum atomic E-state index is -0.159. The number of rotatable bonds is 7. The van der Waals surface area contributed by atoms with Crippen molar-refractivity contribution in [3.63, 3.8) is 0 Å². The summed E-state index contributed by atoms with van der Waals surface area (Å²) < 4.78 is 7.02. The molecule has 1 fully saturated rings. The number of nitrogens with zero attached hydrogens (tertiary/aromatic N) is 2. The van der Waals surface area contributed by atoms with Gasteiger partial charge in [0.1, 0.15) is 18.1 Å². The Balaban J connectivity index is 1.47. The molecule has 0 saturated heterocycles. The van der Waals surface area contributed by atoms with Crippen LogP contribution in [-0.4, -0.2) is 28.5 Å². The average Bonchev–Trinajstić information content (AvgIpc) is 3.15. The second kappa shape index (κ2) is 9.64. The van der Waals surface area contributed by atoms with E-state index in [1.54, 1.807) is 31.4 Å². The molecular weight excluding hydrogens is 392 g/mol. The number of para-hydroxylation sites is 2. The maximum atomic E-state index is 12.7. The van der Waals surface area contributed by atoms with Gasteiger partial charge in [-0.05, 0) is 49.2 Å². The lowest BCUT2D eigenvalue weighted by atomic mass is 9.89. The molecule has 0 atom stereocenters. The first kappa shape index (κ1) is 20.9. The van der Waals surface area contributed by atoms with E-state index in [4.69, 9.17) is 4.74 Å². The number of benzene rings is 2. The zero-order valence-corrected chi connectivity index (χ0v) is 17.8. The molecule has 1 aliphatic rings. The van der Waals surface area contributed by atoms with Gasteiger partial charge in [0.2, 0.25) is 11.8 Å². The third-order valence-corrected chi connectivity index (χ3v) is 5.81. The molecular formula is C24H28N4O3. The molecule has 0 aliphatic heterocycles. The molecule has 1 aliphatic carbocycles. The van der Waals surface area contributed by atoms with Crippen molar-refractivity contribution in [2.24, 2.45) is 5.92 Å². The van der Waals surface area contributed by atoms with Gasteiger partial charge in [0.15, 0.2) is 0 Å². The summed E-state index contributed by atoms with van der Waals surface area (Å²) in [5.74, 6) is 1.42. The van der Waals surface area contributed by atoms with Gasteiger partial charge in [-0.25, -0.2) is 4.98 Å². The smallest absolute Gasteiger partial charge is 0.244 e. The molecule has 7 heteroatoms. The Morgan fingerprint density at radius 3 is 2.55 bits per heavy atom. The first-order valence-corrected chi connectivity index (χ1v) is 10.8.